The van der Waals surface area contributed by atoms with Crippen LogP contribution >= 0.6 is 0 Å². The topological polar surface area (TPSA) is 79.8 Å². The Hall–Kier alpha value is -2.42. The van der Waals surface area contributed by atoms with Gasteiger partial charge in [0.15, 0.2) is 5.82 Å². The van der Waals surface area contributed by atoms with Crippen LogP contribution in [-0.4, -0.2) is 89.4 Å². The number of nitrogens with one attached hydrogen (secondary N) is 2. The Morgan fingerprint density at radius 2 is 1.70 bits per heavy atom. The third-order valence-electron chi connectivity index (χ3n) is 8.55. The van der Waals surface area contributed by atoms with Crippen molar-refractivity contribution in [3.63, 3.8) is 0 Å². The van der Waals surface area contributed by atoms with Crippen molar-refractivity contribution in [3.05, 3.63) is 35.7 Å². The predicted octanol–water partition coefficient (Wildman–Crippen LogP) is 4.02. The van der Waals surface area contributed by atoms with Crippen molar-refractivity contribution in [2.45, 2.75) is 77.0 Å². The van der Waals surface area contributed by atoms with E-state index in [-0.39, 0.29) is 6.10 Å². The Balaban J connectivity index is 1.19. The molecular formula is C29H45N7O. The van der Waals surface area contributed by atoms with Crippen molar-refractivity contribution in [1.82, 2.24) is 19.8 Å². The monoisotopic (exact) mass is 507 g/mol. The average Bonchev–Trinajstić information content (AvgIpc) is 2.91. The van der Waals surface area contributed by atoms with Gasteiger partial charge in [0.1, 0.15) is 5.82 Å². The van der Waals surface area contributed by atoms with E-state index in [1.54, 1.807) is 0 Å². The van der Waals surface area contributed by atoms with Gasteiger partial charge in [0.2, 0.25) is 0 Å². The number of piperazine rings is 1. The molecule has 0 bridgehead atoms. The lowest BCUT2D eigenvalue weighted by Crippen LogP contribution is -2.52. The zero-order valence-electron chi connectivity index (χ0n) is 22.9. The second-order valence-electron chi connectivity index (χ2n) is 11.2. The molecule has 0 unspecified atom stereocenters. The first-order valence-corrected chi connectivity index (χ1v) is 14.3. The Bertz CT molecular complexity index is 1020. The maximum absolute atomic E-state index is 9.83. The fourth-order valence-corrected chi connectivity index (χ4v) is 6.16. The highest BCUT2D eigenvalue weighted by Gasteiger charge is 2.27. The van der Waals surface area contributed by atoms with E-state index in [1.807, 2.05) is 6.20 Å². The Morgan fingerprint density at radius 3 is 2.38 bits per heavy atom. The van der Waals surface area contributed by atoms with Gasteiger partial charge in [0, 0.05) is 62.7 Å². The van der Waals surface area contributed by atoms with Crippen LogP contribution in [0.2, 0.25) is 0 Å². The van der Waals surface area contributed by atoms with Crippen molar-refractivity contribution in [3.8, 4) is 0 Å². The molecule has 3 aliphatic rings. The summed E-state index contributed by atoms with van der Waals surface area (Å²) in [5.41, 5.74) is 4.67. The molecule has 3 heterocycles. The summed E-state index contributed by atoms with van der Waals surface area (Å²) in [7, 11) is 2.23. The van der Waals surface area contributed by atoms with Crippen molar-refractivity contribution < 1.29 is 5.11 Å². The van der Waals surface area contributed by atoms with Crippen molar-refractivity contribution >= 4 is 23.0 Å². The normalized spacial score (nSPS) is 24.3. The molecule has 2 aromatic rings. The fourth-order valence-electron chi connectivity index (χ4n) is 6.16. The summed E-state index contributed by atoms with van der Waals surface area (Å²) in [6.45, 7) is 11.4. The number of aryl methyl sites for hydroxylation is 2. The molecule has 0 radical (unpaired) electrons. The Kier molecular flexibility index (Phi) is 8.47. The van der Waals surface area contributed by atoms with Crippen LogP contribution in [-0.2, 0) is 6.42 Å². The zero-order valence-corrected chi connectivity index (χ0v) is 22.9. The summed E-state index contributed by atoms with van der Waals surface area (Å²) in [5.74, 6) is 1.63. The highest BCUT2D eigenvalue weighted by molar-refractivity contribution is 5.65. The summed E-state index contributed by atoms with van der Waals surface area (Å²) in [6, 6.07) is 7.73. The van der Waals surface area contributed by atoms with Crippen molar-refractivity contribution in [1.29, 1.82) is 0 Å². The first kappa shape index (κ1) is 26.2. The SMILES string of the molecule is CCc1ncc(Nc2ccc(N3CCC(N4CCN(C)CC4)CC3)c(C)c2)nc1NC1CCC(O)CC1. The molecule has 5 rings (SSSR count). The molecule has 1 saturated carbocycles. The molecule has 3 N–H and O–H groups in total. The molecule has 2 saturated heterocycles. The molecule has 8 nitrogen and oxygen atoms in total. The van der Waals surface area contributed by atoms with Gasteiger partial charge in [0.25, 0.3) is 0 Å². The predicted molar refractivity (Wildman–Crippen MR) is 152 cm³/mol. The van der Waals surface area contributed by atoms with Gasteiger partial charge in [-0.15, -0.1) is 0 Å². The number of benzene rings is 1. The Labute approximate surface area is 222 Å². The number of likely N-dealkylation sites (N-methyl/N-ethyl adjacent to an activating group) is 1. The second-order valence-corrected chi connectivity index (χ2v) is 11.2. The molecular weight excluding hydrogens is 462 g/mol. The number of hydrogen-bond donors (Lipinski definition) is 3. The summed E-state index contributed by atoms with van der Waals surface area (Å²) in [5, 5.41) is 16.9. The van der Waals surface area contributed by atoms with Crippen LogP contribution in [0, 0.1) is 6.92 Å². The van der Waals surface area contributed by atoms with Crippen molar-refractivity contribution in [2.75, 3.05) is 61.8 Å². The van der Waals surface area contributed by atoms with E-state index in [0.29, 0.717) is 6.04 Å². The van der Waals surface area contributed by atoms with Gasteiger partial charge < -0.3 is 25.5 Å². The van der Waals surface area contributed by atoms with E-state index in [9.17, 15) is 5.11 Å². The van der Waals surface area contributed by atoms with Crippen LogP contribution in [0.5, 0.6) is 0 Å². The molecule has 2 aliphatic heterocycles. The van der Waals surface area contributed by atoms with E-state index in [0.717, 1.165) is 74.3 Å². The number of anilines is 4. The van der Waals surface area contributed by atoms with Crippen LogP contribution in [0.3, 0.4) is 0 Å². The lowest BCUT2D eigenvalue weighted by atomic mass is 9.93. The van der Waals surface area contributed by atoms with Gasteiger partial charge >= 0.3 is 0 Å². The minimum atomic E-state index is -0.155. The van der Waals surface area contributed by atoms with Crippen LogP contribution in [0.25, 0.3) is 0 Å². The molecule has 37 heavy (non-hydrogen) atoms. The number of aromatic nitrogens is 2. The highest BCUT2D eigenvalue weighted by atomic mass is 16.3. The minimum Gasteiger partial charge on any atom is -0.393 e. The molecule has 1 aromatic heterocycles. The van der Waals surface area contributed by atoms with E-state index in [1.165, 1.54) is 50.3 Å². The molecule has 0 spiro atoms. The van der Waals surface area contributed by atoms with Crippen molar-refractivity contribution in [2.24, 2.45) is 0 Å². The maximum atomic E-state index is 9.83. The first-order valence-electron chi connectivity index (χ1n) is 14.3. The first-order chi connectivity index (χ1) is 18.0. The number of nitrogens with zero attached hydrogens (tertiary/aromatic N) is 5. The molecule has 8 heteroatoms. The second kappa shape index (κ2) is 12.0. The minimum absolute atomic E-state index is 0.155. The van der Waals surface area contributed by atoms with Gasteiger partial charge in [-0.05, 0) is 82.7 Å². The van der Waals surface area contributed by atoms with E-state index >= 15 is 0 Å². The molecule has 1 aromatic carbocycles. The molecule has 0 amide bonds. The standard InChI is InChI=1S/C29H45N7O/c1-4-26-29(32-22-5-8-25(37)9-6-22)33-28(20-30-26)31-23-7-10-27(21(2)19-23)36-13-11-24(12-14-36)35-17-15-34(3)16-18-35/h7,10,19-20,22,24-25,37H,4-6,8-9,11-18H2,1-3H3,(H2,31,32,33). The number of piperidine rings is 1. The Morgan fingerprint density at radius 1 is 0.973 bits per heavy atom. The van der Waals surface area contributed by atoms with Gasteiger partial charge in [0.05, 0.1) is 18.0 Å². The quantitative estimate of drug-likeness (QED) is 0.519. The van der Waals surface area contributed by atoms with Gasteiger partial charge in [-0.2, -0.15) is 0 Å². The lowest BCUT2D eigenvalue weighted by Gasteiger charge is -2.43. The van der Waals surface area contributed by atoms with Crippen LogP contribution < -0.4 is 15.5 Å². The largest absolute Gasteiger partial charge is 0.393 e. The van der Waals surface area contributed by atoms with E-state index in [4.69, 9.17) is 4.98 Å². The number of aliphatic hydroxyl groups excluding tert-OH is 1. The highest BCUT2D eigenvalue weighted by Crippen LogP contribution is 2.30. The zero-order chi connectivity index (χ0) is 25.8. The van der Waals surface area contributed by atoms with Crippen LogP contribution in [0.1, 0.15) is 56.7 Å². The number of aliphatic hydroxyl groups is 1. The molecule has 3 fully saturated rings. The third-order valence-corrected chi connectivity index (χ3v) is 8.55. The fraction of sp³-hybridized carbons (Fsp3) is 0.655. The van der Waals surface area contributed by atoms with Crippen LogP contribution in [0.15, 0.2) is 24.4 Å². The lowest BCUT2D eigenvalue weighted by molar-refractivity contribution is 0.0982. The van der Waals surface area contributed by atoms with Crippen LogP contribution in [0.4, 0.5) is 23.0 Å². The molecule has 0 atom stereocenters. The number of hydrogen-bond acceptors (Lipinski definition) is 8. The van der Waals surface area contributed by atoms with E-state index < -0.39 is 0 Å². The summed E-state index contributed by atoms with van der Waals surface area (Å²) in [4.78, 5) is 17.3. The van der Waals surface area contributed by atoms with Gasteiger partial charge in [-0.3, -0.25) is 9.88 Å². The number of rotatable bonds is 7. The third kappa shape index (κ3) is 6.54. The summed E-state index contributed by atoms with van der Waals surface area (Å²) < 4.78 is 0. The maximum Gasteiger partial charge on any atom is 0.151 e. The smallest absolute Gasteiger partial charge is 0.151 e. The summed E-state index contributed by atoms with van der Waals surface area (Å²) >= 11 is 0. The average molecular weight is 508 g/mol. The molecule has 202 valence electrons. The summed E-state index contributed by atoms with van der Waals surface area (Å²) in [6.07, 6.45) is 8.65. The molecule has 1 aliphatic carbocycles. The van der Waals surface area contributed by atoms with Gasteiger partial charge in [-0.1, -0.05) is 6.92 Å². The van der Waals surface area contributed by atoms with E-state index in [2.05, 4.69) is 69.4 Å². The van der Waals surface area contributed by atoms with Gasteiger partial charge in [-0.25, -0.2) is 4.98 Å².